The van der Waals surface area contributed by atoms with Crippen molar-refractivity contribution < 1.29 is 8.42 Å². The molecule has 0 unspecified atom stereocenters. The molecule has 0 bridgehead atoms. The second-order valence-electron chi connectivity index (χ2n) is 5.14. The van der Waals surface area contributed by atoms with Gasteiger partial charge in [-0.1, -0.05) is 17.7 Å². The number of nitrogens with one attached hydrogen (secondary N) is 2. The molecule has 7 heteroatoms. The van der Waals surface area contributed by atoms with Crippen LogP contribution < -0.4 is 10.4 Å². The Morgan fingerprint density at radius 1 is 1.09 bits per heavy atom. The molecule has 0 saturated heterocycles. The van der Waals surface area contributed by atoms with E-state index < -0.39 is 10.0 Å². The maximum Gasteiger partial charge on any atom is 0.326 e. The Morgan fingerprint density at radius 2 is 1.77 bits per heavy atom. The molecule has 0 aliphatic heterocycles. The minimum atomic E-state index is -3.65. The Balaban J connectivity index is 1.98. The molecule has 2 aromatic carbocycles. The van der Waals surface area contributed by atoms with Crippen molar-refractivity contribution in [1.29, 1.82) is 0 Å². The standard InChI is InChI=1S/C15H15N3O3S/c1-10-3-6-12(7-4-10)22(20,21)17-11-5-8-14-13(9-11)16-15(19)18(14)2/h3-9,17H,1-2H3,(H,16,19). The third-order valence-corrected chi connectivity index (χ3v) is 4.88. The van der Waals surface area contributed by atoms with Gasteiger partial charge in [-0.05, 0) is 37.3 Å². The Morgan fingerprint density at radius 3 is 2.45 bits per heavy atom. The molecule has 114 valence electrons. The van der Waals surface area contributed by atoms with Gasteiger partial charge in [-0.25, -0.2) is 13.2 Å². The van der Waals surface area contributed by atoms with Crippen molar-refractivity contribution in [2.45, 2.75) is 11.8 Å². The number of hydrogen-bond donors (Lipinski definition) is 2. The van der Waals surface area contributed by atoms with Crippen LogP contribution in [0.5, 0.6) is 0 Å². The van der Waals surface area contributed by atoms with Gasteiger partial charge in [-0.2, -0.15) is 0 Å². The van der Waals surface area contributed by atoms with Crippen molar-refractivity contribution in [3.05, 3.63) is 58.5 Å². The van der Waals surface area contributed by atoms with Gasteiger partial charge in [0.05, 0.1) is 21.6 Å². The predicted octanol–water partition coefficient (Wildman–Crippen LogP) is 1.98. The lowest BCUT2D eigenvalue weighted by atomic mass is 10.2. The van der Waals surface area contributed by atoms with E-state index in [1.54, 1.807) is 49.5 Å². The van der Waals surface area contributed by atoms with Crippen LogP contribution in [0.4, 0.5) is 5.69 Å². The largest absolute Gasteiger partial charge is 0.326 e. The van der Waals surface area contributed by atoms with E-state index >= 15 is 0 Å². The zero-order valence-electron chi connectivity index (χ0n) is 12.1. The molecule has 2 N–H and O–H groups in total. The first-order chi connectivity index (χ1) is 10.4. The summed E-state index contributed by atoms with van der Waals surface area (Å²) in [4.78, 5) is 14.4. The lowest BCUT2D eigenvalue weighted by Gasteiger charge is -2.08. The summed E-state index contributed by atoms with van der Waals surface area (Å²) in [6.07, 6.45) is 0. The van der Waals surface area contributed by atoms with E-state index in [0.717, 1.165) is 5.56 Å². The van der Waals surface area contributed by atoms with E-state index in [4.69, 9.17) is 0 Å². The number of aryl methyl sites for hydroxylation is 2. The summed E-state index contributed by atoms with van der Waals surface area (Å²) in [5, 5.41) is 0. The van der Waals surface area contributed by atoms with E-state index in [1.807, 2.05) is 6.92 Å². The highest BCUT2D eigenvalue weighted by atomic mass is 32.2. The Labute approximate surface area is 127 Å². The number of imidazole rings is 1. The van der Waals surface area contributed by atoms with Crippen molar-refractivity contribution in [3.63, 3.8) is 0 Å². The van der Waals surface area contributed by atoms with Crippen molar-refractivity contribution in [3.8, 4) is 0 Å². The molecule has 1 heterocycles. The zero-order chi connectivity index (χ0) is 15.9. The molecule has 0 amide bonds. The first-order valence-electron chi connectivity index (χ1n) is 6.65. The van der Waals surface area contributed by atoms with Gasteiger partial charge in [0.2, 0.25) is 0 Å². The van der Waals surface area contributed by atoms with Gasteiger partial charge >= 0.3 is 5.69 Å². The number of anilines is 1. The highest BCUT2D eigenvalue weighted by molar-refractivity contribution is 7.92. The summed E-state index contributed by atoms with van der Waals surface area (Å²) in [5.74, 6) is 0. The van der Waals surface area contributed by atoms with Gasteiger partial charge in [0.15, 0.2) is 0 Å². The van der Waals surface area contributed by atoms with E-state index in [-0.39, 0.29) is 10.6 Å². The molecular formula is C15H15N3O3S. The average Bonchev–Trinajstić information content (AvgIpc) is 2.73. The number of hydrogen-bond acceptors (Lipinski definition) is 3. The summed E-state index contributed by atoms with van der Waals surface area (Å²) in [7, 11) is -2.00. The van der Waals surface area contributed by atoms with Gasteiger partial charge in [0.1, 0.15) is 0 Å². The van der Waals surface area contributed by atoms with Crippen molar-refractivity contribution >= 4 is 26.7 Å². The fourth-order valence-electron chi connectivity index (χ4n) is 2.23. The van der Waals surface area contributed by atoms with Crippen LogP contribution in [0.2, 0.25) is 0 Å². The fraction of sp³-hybridized carbons (Fsp3) is 0.133. The highest BCUT2D eigenvalue weighted by Gasteiger charge is 2.14. The normalized spacial score (nSPS) is 11.7. The minimum Gasteiger partial charge on any atom is -0.305 e. The van der Waals surface area contributed by atoms with Gasteiger partial charge in [-0.15, -0.1) is 0 Å². The van der Waals surface area contributed by atoms with E-state index in [2.05, 4.69) is 9.71 Å². The number of aromatic amines is 1. The summed E-state index contributed by atoms with van der Waals surface area (Å²) >= 11 is 0. The average molecular weight is 317 g/mol. The zero-order valence-corrected chi connectivity index (χ0v) is 12.9. The molecule has 0 atom stereocenters. The second-order valence-corrected chi connectivity index (χ2v) is 6.82. The van der Waals surface area contributed by atoms with Gasteiger partial charge < -0.3 is 4.98 Å². The van der Waals surface area contributed by atoms with Crippen LogP contribution in [0.25, 0.3) is 11.0 Å². The highest BCUT2D eigenvalue weighted by Crippen LogP contribution is 2.20. The fourth-order valence-corrected chi connectivity index (χ4v) is 3.28. The Kier molecular flexibility index (Phi) is 3.29. The maximum absolute atomic E-state index is 12.3. The van der Waals surface area contributed by atoms with Crippen LogP contribution in [0, 0.1) is 6.92 Å². The van der Waals surface area contributed by atoms with Crippen LogP contribution in [0.15, 0.2) is 52.2 Å². The number of H-pyrrole nitrogens is 1. The molecule has 3 aromatic rings. The van der Waals surface area contributed by atoms with Crippen molar-refractivity contribution in [2.75, 3.05) is 4.72 Å². The van der Waals surface area contributed by atoms with E-state index in [9.17, 15) is 13.2 Å². The van der Waals surface area contributed by atoms with Crippen LogP contribution in [-0.4, -0.2) is 18.0 Å². The molecule has 6 nitrogen and oxygen atoms in total. The second kappa shape index (κ2) is 5.03. The van der Waals surface area contributed by atoms with Crippen LogP contribution in [0.1, 0.15) is 5.56 Å². The number of nitrogens with zero attached hydrogens (tertiary/aromatic N) is 1. The third-order valence-electron chi connectivity index (χ3n) is 3.49. The molecule has 0 fully saturated rings. The molecule has 0 saturated carbocycles. The number of aromatic nitrogens is 2. The predicted molar refractivity (Wildman–Crippen MR) is 85.5 cm³/mol. The SMILES string of the molecule is Cc1ccc(S(=O)(=O)Nc2ccc3c(c2)[nH]c(=O)n3C)cc1. The molecular weight excluding hydrogens is 302 g/mol. The van der Waals surface area contributed by atoms with Gasteiger partial charge in [0.25, 0.3) is 10.0 Å². The molecule has 1 aromatic heterocycles. The summed E-state index contributed by atoms with van der Waals surface area (Å²) < 4.78 is 28.6. The third kappa shape index (κ3) is 2.50. The summed E-state index contributed by atoms with van der Waals surface area (Å²) in [6, 6.07) is 11.5. The topological polar surface area (TPSA) is 84.0 Å². The summed E-state index contributed by atoms with van der Waals surface area (Å²) in [6.45, 7) is 1.89. The maximum atomic E-state index is 12.3. The quantitative estimate of drug-likeness (QED) is 0.774. The number of rotatable bonds is 3. The molecule has 0 aliphatic carbocycles. The lowest BCUT2D eigenvalue weighted by molar-refractivity contribution is 0.601. The van der Waals surface area contributed by atoms with E-state index in [1.165, 1.54) is 4.57 Å². The van der Waals surface area contributed by atoms with Crippen molar-refractivity contribution in [1.82, 2.24) is 9.55 Å². The van der Waals surface area contributed by atoms with E-state index in [0.29, 0.717) is 16.7 Å². The lowest BCUT2D eigenvalue weighted by Crippen LogP contribution is -2.12. The van der Waals surface area contributed by atoms with Crippen molar-refractivity contribution in [2.24, 2.45) is 7.05 Å². The number of sulfonamides is 1. The number of fused-ring (bicyclic) bond motifs is 1. The Bertz CT molecular complexity index is 999. The molecule has 22 heavy (non-hydrogen) atoms. The first-order valence-corrected chi connectivity index (χ1v) is 8.13. The Hall–Kier alpha value is -2.54. The van der Waals surface area contributed by atoms with Crippen LogP contribution >= 0.6 is 0 Å². The summed E-state index contributed by atoms with van der Waals surface area (Å²) in [5.41, 5.74) is 2.44. The van der Waals surface area contributed by atoms with Gasteiger partial charge in [-0.3, -0.25) is 9.29 Å². The van der Waals surface area contributed by atoms with Gasteiger partial charge in [0, 0.05) is 7.05 Å². The molecule has 3 rings (SSSR count). The monoisotopic (exact) mass is 317 g/mol. The molecule has 0 radical (unpaired) electrons. The minimum absolute atomic E-state index is 0.194. The first kappa shape index (κ1) is 14.4. The van der Waals surface area contributed by atoms with Crippen LogP contribution in [-0.2, 0) is 17.1 Å². The smallest absolute Gasteiger partial charge is 0.305 e. The van der Waals surface area contributed by atoms with Crippen LogP contribution in [0.3, 0.4) is 0 Å². The molecule has 0 aliphatic rings. The number of benzene rings is 2. The molecule has 0 spiro atoms.